The van der Waals surface area contributed by atoms with Crippen molar-refractivity contribution in [3.63, 3.8) is 0 Å². The molecular formula is C11H16ClFN2O. The van der Waals surface area contributed by atoms with Gasteiger partial charge in [-0.1, -0.05) is 11.6 Å². The Hall–Kier alpha value is -0.680. The van der Waals surface area contributed by atoms with Gasteiger partial charge >= 0.3 is 0 Å². The summed E-state index contributed by atoms with van der Waals surface area (Å²) in [4.78, 5) is 0. The maximum Gasteiger partial charge on any atom is 0.128 e. The van der Waals surface area contributed by atoms with Gasteiger partial charge < -0.3 is 4.74 Å². The molecule has 0 saturated carbocycles. The number of hydrazine groups is 1. The van der Waals surface area contributed by atoms with Crippen LogP contribution in [0.2, 0.25) is 5.02 Å². The topological polar surface area (TPSA) is 47.3 Å². The normalized spacial score (nSPS) is 12.8. The zero-order chi connectivity index (χ0) is 12.0. The van der Waals surface area contributed by atoms with Crippen molar-refractivity contribution in [2.75, 3.05) is 13.7 Å². The van der Waals surface area contributed by atoms with Gasteiger partial charge in [-0.05, 0) is 31.0 Å². The van der Waals surface area contributed by atoms with Crippen LogP contribution in [-0.2, 0) is 4.74 Å². The second-order valence-corrected chi connectivity index (χ2v) is 3.96. The van der Waals surface area contributed by atoms with Gasteiger partial charge in [-0.2, -0.15) is 0 Å². The number of halogens is 2. The third kappa shape index (κ3) is 3.72. The van der Waals surface area contributed by atoms with Crippen molar-refractivity contribution in [1.29, 1.82) is 0 Å². The monoisotopic (exact) mass is 246 g/mol. The summed E-state index contributed by atoms with van der Waals surface area (Å²) in [7, 11) is 1.63. The minimum atomic E-state index is -0.301. The number of benzene rings is 1. The van der Waals surface area contributed by atoms with Crippen LogP contribution in [0.15, 0.2) is 18.2 Å². The molecule has 0 fully saturated rings. The third-order valence-corrected chi connectivity index (χ3v) is 2.61. The van der Waals surface area contributed by atoms with E-state index >= 15 is 0 Å². The number of nitrogens with two attached hydrogens (primary N) is 1. The summed E-state index contributed by atoms with van der Waals surface area (Å²) in [6.45, 7) is 0.625. The smallest absolute Gasteiger partial charge is 0.128 e. The predicted octanol–water partition coefficient (Wildman–Crippen LogP) is 2.41. The molecule has 3 N–H and O–H groups in total. The summed E-state index contributed by atoms with van der Waals surface area (Å²) in [5, 5.41) is 0.503. The van der Waals surface area contributed by atoms with Gasteiger partial charge in [-0.15, -0.1) is 0 Å². The summed E-state index contributed by atoms with van der Waals surface area (Å²) in [5.74, 6) is 5.10. The molecule has 0 aliphatic carbocycles. The molecule has 0 heterocycles. The van der Waals surface area contributed by atoms with Crippen molar-refractivity contribution in [2.24, 2.45) is 5.84 Å². The zero-order valence-corrected chi connectivity index (χ0v) is 9.93. The highest BCUT2D eigenvalue weighted by atomic mass is 35.5. The molecule has 0 amide bonds. The van der Waals surface area contributed by atoms with Crippen LogP contribution in [0, 0.1) is 5.82 Å². The molecule has 16 heavy (non-hydrogen) atoms. The lowest BCUT2D eigenvalue weighted by molar-refractivity contribution is 0.188. The lowest BCUT2D eigenvalue weighted by atomic mass is 10.0. The van der Waals surface area contributed by atoms with E-state index in [0.29, 0.717) is 23.6 Å². The van der Waals surface area contributed by atoms with E-state index in [1.54, 1.807) is 13.2 Å². The molecule has 1 atom stereocenters. The SMILES string of the molecule is COCCCC(NN)c1cc(Cl)ccc1F. The molecule has 1 aromatic carbocycles. The van der Waals surface area contributed by atoms with Crippen molar-refractivity contribution in [3.8, 4) is 0 Å². The molecular weight excluding hydrogens is 231 g/mol. The molecule has 1 rings (SSSR count). The zero-order valence-electron chi connectivity index (χ0n) is 9.17. The van der Waals surface area contributed by atoms with Crippen LogP contribution in [0.25, 0.3) is 0 Å². The fraction of sp³-hybridized carbons (Fsp3) is 0.455. The standard InChI is InChI=1S/C11H16ClFN2O/c1-16-6-2-3-11(15-14)9-7-8(12)4-5-10(9)13/h4-5,7,11,15H,2-3,6,14H2,1H3. The first kappa shape index (κ1) is 13.4. The quantitative estimate of drug-likeness (QED) is 0.460. The molecule has 0 radical (unpaired) electrons. The number of hydrogen-bond acceptors (Lipinski definition) is 3. The number of hydrogen-bond donors (Lipinski definition) is 2. The fourth-order valence-corrected chi connectivity index (χ4v) is 1.72. The molecule has 0 saturated heterocycles. The van der Waals surface area contributed by atoms with E-state index in [-0.39, 0.29) is 11.9 Å². The van der Waals surface area contributed by atoms with Gasteiger partial charge in [0.1, 0.15) is 5.82 Å². The van der Waals surface area contributed by atoms with E-state index in [1.807, 2.05) is 0 Å². The van der Waals surface area contributed by atoms with Crippen LogP contribution in [0.5, 0.6) is 0 Å². The summed E-state index contributed by atoms with van der Waals surface area (Å²) >= 11 is 5.82. The van der Waals surface area contributed by atoms with Crippen molar-refractivity contribution in [2.45, 2.75) is 18.9 Å². The van der Waals surface area contributed by atoms with Crippen LogP contribution in [0.1, 0.15) is 24.4 Å². The Labute approximate surface area is 99.7 Å². The van der Waals surface area contributed by atoms with Gasteiger partial charge in [0.2, 0.25) is 0 Å². The maximum atomic E-state index is 13.5. The first-order chi connectivity index (χ1) is 7.69. The average Bonchev–Trinajstić information content (AvgIpc) is 2.28. The Morgan fingerprint density at radius 2 is 2.31 bits per heavy atom. The Morgan fingerprint density at radius 3 is 2.94 bits per heavy atom. The van der Waals surface area contributed by atoms with E-state index in [2.05, 4.69) is 5.43 Å². The summed E-state index contributed by atoms with van der Waals surface area (Å²) < 4.78 is 18.5. The molecule has 1 aromatic rings. The molecule has 0 bridgehead atoms. The van der Waals surface area contributed by atoms with Gasteiger partial charge in [0.25, 0.3) is 0 Å². The Bertz CT molecular complexity index is 336. The minimum Gasteiger partial charge on any atom is -0.385 e. The maximum absolute atomic E-state index is 13.5. The molecule has 0 aromatic heterocycles. The summed E-state index contributed by atoms with van der Waals surface area (Å²) in [6.07, 6.45) is 1.50. The van der Waals surface area contributed by atoms with Crippen LogP contribution in [-0.4, -0.2) is 13.7 Å². The molecule has 0 aliphatic rings. The lowest BCUT2D eigenvalue weighted by Gasteiger charge is -2.17. The Morgan fingerprint density at radius 1 is 1.56 bits per heavy atom. The van der Waals surface area contributed by atoms with E-state index in [9.17, 15) is 4.39 Å². The predicted molar refractivity (Wildman–Crippen MR) is 62.6 cm³/mol. The van der Waals surface area contributed by atoms with Crippen molar-refractivity contribution in [3.05, 3.63) is 34.6 Å². The second kappa shape index (κ2) is 6.81. The largest absolute Gasteiger partial charge is 0.385 e. The highest BCUT2D eigenvalue weighted by molar-refractivity contribution is 6.30. The van der Waals surface area contributed by atoms with Gasteiger partial charge in [0, 0.05) is 30.3 Å². The van der Waals surface area contributed by atoms with Crippen molar-refractivity contribution < 1.29 is 9.13 Å². The average molecular weight is 247 g/mol. The Kier molecular flexibility index (Phi) is 5.69. The van der Waals surface area contributed by atoms with E-state index in [4.69, 9.17) is 22.2 Å². The van der Waals surface area contributed by atoms with Gasteiger partial charge in [0.15, 0.2) is 0 Å². The first-order valence-corrected chi connectivity index (χ1v) is 5.47. The molecule has 90 valence electrons. The van der Waals surface area contributed by atoms with E-state index < -0.39 is 0 Å². The van der Waals surface area contributed by atoms with Gasteiger partial charge in [-0.3, -0.25) is 11.3 Å². The number of ether oxygens (including phenoxy) is 1. The van der Waals surface area contributed by atoms with Crippen LogP contribution < -0.4 is 11.3 Å². The third-order valence-electron chi connectivity index (χ3n) is 2.38. The number of nitrogens with one attached hydrogen (secondary N) is 1. The highest BCUT2D eigenvalue weighted by Crippen LogP contribution is 2.24. The molecule has 3 nitrogen and oxygen atoms in total. The molecule has 0 spiro atoms. The highest BCUT2D eigenvalue weighted by Gasteiger charge is 2.14. The summed E-state index contributed by atoms with van der Waals surface area (Å²) in [6, 6.07) is 4.21. The van der Waals surface area contributed by atoms with E-state index in [0.717, 1.165) is 6.42 Å². The van der Waals surface area contributed by atoms with Crippen LogP contribution in [0.4, 0.5) is 4.39 Å². The molecule has 0 aliphatic heterocycles. The van der Waals surface area contributed by atoms with Crippen molar-refractivity contribution >= 4 is 11.6 Å². The van der Waals surface area contributed by atoms with Gasteiger partial charge in [-0.25, -0.2) is 4.39 Å². The first-order valence-electron chi connectivity index (χ1n) is 5.09. The van der Waals surface area contributed by atoms with Crippen LogP contribution >= 0.6 is 11.6 Å². The number of rotatable bonds is 6. The molecule has 1 unspecified atom stereocenters. The summed E-state index contributed by atoms with van der Waals surface area (Å²) in [5.41, 5.74) is 3.08. The minimum absolute atomic E-state index is 0.242. The lowest BCUT2D eigenvalue weighted by Crippen LogP contribution is -2.29. The number of methoxy groups -OCH3 is 1. The van der Waals surface area contributed by atoms with Crippen LogP contribution in [0.3, 0.4) is 0 Å². The van der Waals surface area contributed by atoms with Crippen molar-refractivity contribution in [1.82, 2.24) is 5.43 Å². The second-order valence-electron chi connectivity index (χ2n) is 3.52. The van der Waals surface area contributed by atoms with Gasteiger partial charge in [0.05, 0.1) is 0 Å². The fourth-order valence-electron chi connectivity index (χ4n) is 1.54. The Balaban J connectivity index is 2.73. The molecule has 5 heteroatoms. The van der Waals surface area contributed by atoms with E-state index in [1.165, 1.54) is 12.1 Å².